The second-order valence-electron chi connectivity index (χ2n) is 5.75. The maximum absolute atomic E-state index is 11.3. The largest absolute Gasteiger partial charge is 0.462 e. The number of cyclic esters (lactones) is 1. The number of hydrogen-bond acceptors (Lipinski definition) is 4. The second kappa shape index (κ2) is 6.53. The molecule has 1 N–H and O–H groups in total. The molecule has 4 heteroatoms. The highest BCUT2D eigenvalue weighted by Gasteiger charge is 2.33. The average Bonchev–Trinajstić information content (AvgIpc) is 2.88. The molecule has 2 heterocycles. The van der Waals surface area contributed by atoms with E-state index >= 15 is 0 Å². The van der Waals surface area contributed by atoms with Gasteiger partial charge < -0.3 is 14.6 Å². The lowest BCUT2D eigenvalue weighted by Gasteiger charge is -2.15. The van der Waals surface area contributed by atoms with Gasteiger partial charge in [0.2, 0.25) is 0 Å². The van der Waals surface area contributed by atoms with Crippen LogP contribution in [0.25, 0.3) is 0 Å². The number of ether oxygens (including phenoxy) is 2. The highest BCUT2D eigenvalue weighted by atomic mass is 16.6. The summed E-state index contributed by atoms with van der Waals surface area (Å²) in [7, 11) is 0. The van der Waals surface area contributed by atoms with E-state index in [-0.39, 0.29) is 36.8 Å². The van der Waals surface area contributed by atoms with Crippen molar-refractivity contribution in [1.82, 2.24) is 0 Å². The lowest BCUT2D eigenvalue weighted by atomic mass is 9.99. The molecule has 2 aliphatic rings. The summed E-state index contributed by atoms with van der Waals surface area (Å²) < 4.78 is 11.2. The Morgan fingerprint density at radius 2 is 2.11 bits per heavy atom. The Balaban J connectivity index is 1.71. The summed E-state index contributed by atoms with van der Waals surface area (Å²) in [6.07, 6.45) is 5.47. The zero-order chi connectivity index (χ0) is 13.8. The molecule has 1 unspecified atom stereocenters. The zero-order valence-electron chi connectivity index (χ0n) is 11.6. The minimum absolute atomic E-state index is 0.0370. The third-order valence-electron chi connectivity index (χ3n) is 4.04. The fraction of sp³-hybridized carbons (Fsp3) is 0.800. The minimum Gasteiger partial charge on any atom is -0.462 e. The molecule has 0 aromatic rings. The van der Waals surface area contributed by atoms with Gasteiger partial charge in [-0.15, -0.1) is 0 Å². The van der Waals surface area contributed by atoms with Crippen LogP contribution in [-0.4, -0.2) is 36.0 Å². The first-order valence-corrected chi connectivity index (χ1v) is 7.24. The van der Waals surface area contributed by atoms with Gasteiger partial charge in [-0.2, -0.15) is 0 Å². The van der Waals surface area contributed by atoms with Crippen LogP contribution in [0.15, 0.2) is 12.2 Å². The molecule has 0 aliphatic carbocycles. The van der Waals surface area contributed by atoms with Crippen molar-refractivity contribution in [3.8, 4) is 0 Å². The minimum atomic E-state index is -0.0722. The van der Waals surface area contributed by atoms with Gasteiger partial charge in [-0.05, 0) is 44.1 Å². The monoisotopic (exact) mass is 268 g/mol. The van der Waals surface area contributed by atoms with Crippen LogP contribution in [0.1, 0.15) is 45.4 Å². The molecule has 2 aliphatic heterocycles. The molecule has 4 atom stereocenters. The summed E-state index contributed by atoms with van der Waals surface area (Å²) in [6.45, 7) is 6.20. The van der Waals surface area contributed by atoms with Crippen LogP contribution >= 0.6 is 0 Å². The summed E-state index contributed by atoms with van der Waals surface area (Å²) in [5.41, 5.74) is 1.14. The molecule has 0 aromatic heterocycles. The lowest BCUT2D eigenvalue weighted by Crippen LogP contribution is -2.15. The molecule has 0 amide bonds. The summed E-state index contributed by atoms with van der Waals surface area (Å²) >= 11 is 0. The summed E-state index contributed by atoms with van der Waals surface area (Å²) in [6, 6.07) is 0. The van der Waals surface area contributed by atoms with Gasteiger partial charge in [0, 0.05) is 6.61 Å². The van der Waals surface area contributed by atoms with E-state index in [4.69, 9.17) is 14.6 Å². The first kappa shape index (κ1) is 14.5. The van der Waals surface area contributed by atoms with Gasteiger partial charge in [0.05, 0.1) is 18.1 Å². The van der Waals surface area contributed by atoms with Gasteiger partial charge in [0.1, 0.15) is 6.10 Å². The molecule has 108 valence electrons. The van der Waals surface area contributed by atoms with E-state index in [1.165, 1.54) is 0 Å². The van der Waals surface area contributed by atoms with E-state index < -0.39 is 0 Å². The molecule has 0 bridgehead atoms. The molecule has 2 saturated heterocycles. The van der Waals surface area contributed by atoms with Crippen molar-refractivity contribution >= 4 is 5.97 Å². The van der Waals surface area contributed by atoms with E-state index in [9.17, 15) is 4.79 Å². The first-order chi connectivity index (χ1) is 9.10. The maximum Gasteiger partial charge on any atom is 0.309 e. The SMILES string of the molecule is C=C1C[C@H](CCCO)O[C@H]1CCC1C[C@@H](C)C(=O)O1. The quantitative estimate of drug-likeness (QED) is 0.592. The molecule has 0 saturated carbocycles. The van der Waals surface area contributed by atoms with Crippen molar-refractivity contribution in [3.63, 3.8) is 0 Å². The second-order valence-corrected chi connectivity index (χ2v) is 5.75. The first-order valence-electron chi connectivity index (χ1n) is 7.24. The van der Waals surface area contributed by atoms with Crippen molar-refractivity contribution in [2.24, 2.45) is 5.92 Å². The van der Waals surface area contributed by atoms with Gasteiger partial charge in [-0.3, -0.25) is 4.79 Å². The molecule has 4 nitrogen and oxygen atoms in total. The predicted octanol–water partition coefficient (Wildman–Crippen LogP) is 2.20. The van der Waals surface area contributed by atoms with Crippen LogP contribution in [0.3, 0.4) is 0 Å². The summed E-state index contributed by atoms with van der Waals surface area (Å²) in [4.78, 5) is 11.3. The number of aliphatic hydroxyl groups excluding tert-OH is 1. The molecule has 2 fully saturated rings. The van der Waals surface area contributed by atoms with E-state index in [0.29, 0.717) is 0 Å². The van der Waals surface area contributed by atoms with Crippen LogP contribution in [0.2, 0.25) is 0 Å². The van der Waals surface area contributed by atoms with Crippen LogP contribution in [0, 0.1) is 5.92 Å². The highest BCUT2D eigenvalue weighted by molar-refractivity contribution is 5.74. The number of rotatable bonds is 6. The third-order valence-corrected chi connectivity index (χ3v) is 4.04. The Labute approximate surface area is 114 Å². The van der Waals surface area contributed by atoms with Crippen LogP contribution in [-0.2, 0) is 14.3 Å². The van der Waals surface area contributed by atoms with E-state index in [1.54, 1.807) is 0 Å². The van der Waals surface area contributed by atoms with E-state index in [1.807, 2.05) is 6.92 Å². The van der Waals surface area contributed by atoms with Crippen molar-refractivity contribution in [3.05, 3.63) is 12.2 Å². The van der Waals surface area contributed by atoms with Gasteiger partial charge in [0.15, 0.2) is 0 Å². The highest BCUT2D eigenvalue weighted by Crippen LogP contribution is 2.32. The third kappa shape index (κ3) is 3.80. The number of carbonyl (C=O) groups excluding carboxylic acids is 1. The Hall–Kier alpha value is -0.870. The maximum atomic E-state index is 11.3. The van der Waals surface area contributed by atoms with E-state index in [0.717, 1.165) is 44.1 Å². The fourth-order valence-corrected chi connectivity index (χ4v) is 2.89. The molecule has 0 aromatic carbocycles. The van der Waals surface area contributed by atoms with E-state index in [2.05, 4.69) is 6.58 Å². The molecule has 0 spiro atoms. The standard InChI is InChI=1S/C15H24O4/c1-10-8-12(4-3-7-16)18-14(10)6-5-13-9-11(2)15(17)19-13/h11-14,16H,1,3-9H2,2H3/t11-,12+,13?,14+/m1/s1. The number of esters is 1. The molecule has 0 radical (unpaired) electrons. The van der Waals surface area contributed by atoms with Gasteiger partial charge in [-0.1, -0.05) is 13.5 Å². The lowest BCUT2D eigenvalue weighted by molar-refractivity contribution is -0.144. The number of carbonyl (C=O) groups is 1. The smallest absolute Gasteiger partial charge is 0.309 e. The molecule has 2 rings (SSSR count). The average molecular weight is 268 g/mol. The van der Waals surface area contributed by atoms with Crippen LogP contribution < -0.4 is 0 Å². The summed E-state index contributed by atoms with van der Waals surface area (Å²) in [5.74, 6) is -0.0352. The Kier molecular flexibility index (Phi) is 4.99. The summed E-state index contributed by atoms with van der Waals surface area (Å²) in [5, 5.41) is 8.83. The predicted molar refractivity (Wildman–Crippen MR) is 71.6 cm³/mol. The van der Waals surface area contributed by atoms with Crippen molar-refractivity contribution in [2.75, 3.05) is 6.61 Å². The zero-order valence-corrected chi connectivity index (χ0v) is 11.6. The topological polar surface area (TPSA) is 55.8 Å². The van der Waals surface area contributed by atoms with Crippen LogP contribution in [0.5, 0.6) is 0 Å². The normalized spacial score (nSPS) is 34.8. The molecular formula is C15H24O4. The van der Waals surface area contributed by atoms with Crippen molar-refractivity contribution in [2.45, 2.75) is 63.8 Å². The molecular weight excluding hydrogens is 244 g/mol. The van der Waals surface area contributed by atoms with Gasteiger partial charge >= 0.3 is 5.97 Å². The van der Waals surface area contributed by atoms with Crippen LogP contribution in [0.4, 0.5) is 0 Å². The Morgan fingerprint density at radius 3 is 2.74 bits per heavy atom. The molecule has 19 heavy (non-hydrogen) atoms. The van der Waals surface area contributed by atoms with Gasteiger partial charge in [0.25, 0.3) is 0 Å². The Bertz CT molecular complexity index is 339. The van der Waals surface area contributed by atoms with Gasteiger partial charge in [-0.25, -0.2) is 0 Å². The van der Waals surface area contributed by atoms with Crippen molar-refractivity contribution < 1.29 is 19.4 Å². The number of aliphatic hydroxyl groups is 1. The Morgan fingerprint density at radius 1 is 1.32 bits per heavy atom. The fourth-order valence-electron chi connectivity index (χ4n) is 2.89. The van der Waals surface area contributed by atoms with Crippen molar-refractivity contribution in [1.29, 1.82) is 0 Å². The number of hydrogen-bond donors (Lipinski definition) is 1.